The predicted octanol–water partition coefficient (Wildman–Crippen LogP) is 2.66. The smallest absolute Gasteiger partial charge is 0.0837 e. The molecule has 1 heterocycles. The lowest BCUT2D eigenvalue weighted by Gasteiger charge is -2.17. The van der Waals surface area contributed by atoms with Crippen LogP contribution in [-0.4, -0.2) is 9.59 Å². The van der Waals surface area contributed by atoms with Crippen molar-refractivity contribution in [1.29, 1.82) is 0 Å². The minimum atomic E-state index is -0.0276. The molecule has 0 fully saturated rings. The molecule has 0 aliphatic rings. The summed E-state index contributed by atoms with van der Waals surface area (Å²) in [6.07, 6.45) is 2.00. The fourth-order valence-corrected chi connectivity index (χ4v) is 3.13. The number of hydrazine groups is 1. The van der Waals surface area contributed by atoms with Gasteiger partial charge in [0.25, 0.3) is 0 Å². The Bertz CT molecular complexity index is 530. The SMILES string of the molecule is CCCc1nnsc1C(NN)c1cc(C)cc(C)c1. The molecule has 1 aromatic heterocycles. The number of rotatable bonds is 5. The monoisotopic (exact) mass is 276 g/mol. The third kappa shape index (κ3) is 3.18. The van der Waals surface area contributed by atoms with Crippen molar-refractivity contribution in [2.24, 2.45) is 5.84 Å². The summed E-state index contributed by atoms with van der Waals surface area (Å²) in [6, 6.07) is 6.45. The molecule has 0 aliphatic heterocycles. The fraction of sp³-hybridized carbons (Fsp3) is 0.429. The molecule has 0 bridgehead atoms. The lowest BCUT2D eigenvalue weighted by atomic mass is 9.99. The molecule has 4 nitrogen and oxygen atoms in total. The molecule has 0 radical (unpaired) electrons. The Kier molecular flexibility index (Phi) is 4.63. The van der Waals surface area contributed by atoms with Gasteiger partial charge in [0, 0.05) is 0 Å². The summed E-state index contributed by atoms with van der Waals surface area (Å²) < 4.78 is 4.08. The van der Waals surface area contributed by atoms with Crippen molar-refractivity contribution in [3.8, 4) is 0 Å². The molecule has 0 spiro atoms. The average Bonchev–Trinajstić information content (AvgIpc) is 2.78. The van der Waals surface area contributed by atoms with E-state index in [0.717, 1.165) is 23.4 Å². The van der Waals surface area contributed by atoms with Gasteiger partial charge in [-0.2, -0.15) is 0 Å². The largest absolute Gasteiger partial charge is 0.271 e. The van der Waals surface area contributed by atoms with E-state index >= 15 is 0 Å². The summed E-state index contributed by atoms with van der Waals surface area (Å²) in [4.78, 5) is 1.12. The van der Waals surface area contributed by atoms with E-state index in [2.05, 4.69) is 54.0 Å². The highest BCUT2D eigenvalue weighted by Crippen LogP contribution is 2.28. The molecule has 2 aromatic rings. The number of hydrogen-bond acceptors (Lipinski definition) is 5. The Balaban J connectivity index is 2.40. The molecule has 0 aliphatic carbocycles. The van der Waals surface area contributed by atoms with Crippen molar-refractivity contribution in [2.75, 3.05) is 0 Å². The van der Waals surface area contributed by atoms with Gasteiger partial charge in [-0.05, 0) is 37.4 Å². The van der Waals surface area contributed by atoms with Gasteiger partial charge in [0.1, 0.15) is 0 Å². The third-order valence-corrected chi connectivity index (χ3v) is 3.91. The number of nitrogens with one attached hydrogen (secondary N) is 1. The van der Waals surface area contributed by atoms with Crippen molar-refractivity contribution < 1.29 is 0 Å². The van der Waals surface area contributed by atoms with Crippen molar-refractivity contribution in [3.63, 3.8) is 0 Å². The molecule has 3 N–H and O–H groups in total. The first-order chi connectivity index (χ1) is 9.15. The molecular weight excluding hydrogens is 256 g/mol. The molecule has 0 amide bonds. The number of aromatic nitrogens is 2. The number of benzene rings is 1. The lowest BCUT2D eigenvalue weighted by Crippen LogP contribution is -2.29. The topological polar surface area (TPSA) is 63.8 Å². The Morgan fingerprint density at radius 1 is 1.26 bits per heavy atom. The van der Waals surface area contributed by atoms with E-state index < -0.39 is 0 Å². The molecular formula is C14H20N4S. The quantitative estimate of drug-likeness (QED) is 0.651. The van der Waals surface area contributed by atoms with Crippen LogP contribution in [0.1, 0.15) is 46.6 Å². The predicted molar refractivity (Wildman–Crippen MR) is 79.0 cm³/mol. The van der Waals surface area contributed by atoms with Crippen LogP contribution >= 0.6 is 11.5 Å². The molecule has 2 rings (SSSR count). The van der Waals surface area contributed by atoms with Crippen molar-refractivity contribution in [3.05, 3.63) is 45.5 Å². The minimum absolute atomic E-state index is 0.0276. The van der Waals surface area contributed by atoms with Gasteiger partial charge >= 0.3 is 0 Å². The maximum Gasteiger partial charge on any atom is 0.0837 e. The summed E-state index contributed by atoms with van der Waals surface area (Å²) >= 11 is 1.43. The van der Waals surface area contributed by atoms with E-state index in [9.17, 15) is 0 Å². The minimum Gasteiger partial charge on any atom is -0.271 e. The number of hydrogen-bond donors (Lipinski definition) is 2. The van der Waals surface area contributed by atoms with Crippen LogP contribution in [0.5, 0.6) is 0 Å². The molecule has 102 valence electrons. The zero-order valence-electron chi connectivity index (χ0n) is 11.6. The van der Waals surface area contributed by atoms with E-state index in [1.807, 2.05) is 0 Å². The van der Waals surface area contributed by atoms with Crippen LogP contribution in [0, 0.1) is 13.8 Å². The molecule has 5 heteroatoms. The second-order valence-electron chi connectivity index (χ2n) is 4.85. The standard InChI is InChI=1S/C14H20N4S/c1-4-5-12-14(19-18-17-12)13(16-15)11-7-9(2)6-10(3)8-11/h6-8,13,16H,4-5,15H2,1-3H3. The van der Waals surface area contributed by atoms with Gasteiger partial charge in [-0.25, -0.2) is 5.43 Å². The zero-order chi connectivity index (χ0) is 13.8. The van der Waals surface area contributed by atoms with Gasteiger partial charge in [0.15, 0.2) is 0 Å². The van der Waals surface area contributed by atoms with Crippen LogP contribution in [0.2, 0.25) is 0 Å². The Morgan fingerprint density at radius 2 is 1.95 bits per heavy atom. The Morgan fingerprint density at radius 3 is 2.53 bits per heavy atom. The summed E-state index contributed by atoms with van der Waals surface area (Å²) in [7, 11) is 0. The fourth-order valence-electron chi connectivity index (χ4n) is 2.34. The number of nitrogens with zero attached hydrogens (tertiary/aromatic N) is 2. The molecule has 0 saturated carbocycles. The first-order valence-corrected chi connectivity index (χ1v) is 7.28. The first-order valence-electron chi connectivity index (χ1n) is 6.51. The van der Waals surface area contributed by atoms with Gasteiger partial charge in [0.05, 0.1) is 16.6 Å². The maximum atomic E-state index is 5.76. The van der Waals surface area contributed by atoms with Crippen molar-refractivity contribution in [2.45, 2.75) is 39.7 Å². The normalized spacial score (nSPS) is 12.6. The summed E-state index contributed by atoms with van der Waals surface area (Å²) in [6.45, 7) is 6.34. The van der Waals surface area contributed by atoms with Crippen LogP contribution in [0.25, 0.3) is 0 Å². The van der Waals surface area contributed by atoms with Gasteiger partial charge in [-0.15, -0.1) is 5.10 Å². The van der Waals surface area contributed by atoms with Gasteiger partial charge in [-0.3, -0.25) is 5.84 Å². The third-order valence-electron chi connectivity index (χ3n) is 3.08. The molecule has 1 atom stereocenters. The second-order valence-corrected chi connectivity index (χ2v) is 5.64. The highest BCUT2D eigenvalue weighted by Gasteiger charge is 2.20. The maximum absolute atomic E-state index is 5.76. The Hall–Kier alpha value is -1.30. The van der Waals surface area contributed by atoms with Gasteiger partial charge in [-0.1, -0.05) is 47.2 Å². The van der Waals surface area contributed by atoms with E-state index in [-0.39, 0.29) is 6.04 Å². The van der Waals surface area contributed by atoms with E-state index in [1.165, 1.54) is 28.2 Å². The summed E-state index contributed by atoms with van der Waals surface area (Å²) in [5.41, 5.74) is 7.61. The van der Waals surface area contributed by atoms with Crippen LogP contribution in [0.4, 0.5) is 0 Å². The summed E-state index contributed by atoms with van der Waals surface area (Å²) in [5, 5.41) is 4.22. The first kappa shape index (κ1) is 14.1. The Labute approximate surface area is 118 Å². The van der Waals surface area contributed by atoms with E-state index in [1.54, 1.807) is 0 Å². The second kappa shape index (κ2) is 6.23. The van der Waals surface area contributed by atoms with Crippen molar-refractivity contribution in [1.82, 2.24) is 15.0 Å². The van der Waals surface area contributed by atoms with Gasteiger partial charge in [0.2, 0.25) is 0 Å². The summed E-state index contributed by atoms with van der Waals surface area (Å²) in [5.74, 6) is 5.76. The molecule has 1 aromatic carbocycles. The highest BCUT2D eigenvalue weighted by molar-refractivity contribution is 7.05. The van der Waals surface area contributed by atoms with Crippen LogP contribution in [0.3, 0.4) is 0 Å². The van der Waals surface area contributed by atoms with Crippen molar-refractivity contribution >= 4 is 11.5 Å². The average molecular weight is 276 g/mol. The highest BCUT2D eigenvalue weighted by atomic mass is 32.1. The van der Waals surface area contributed by atoms with Crippen LogP contribution in [-0.2, 0) is 6.42 Å². The zero-order valence-corrected chi connectivity index (χ0v) is 12.4. The number of nitrogens with two attached hydrogens (primary N) is 1. The molecule has 0 saturated heterocycles. The van der Waals surface area contributed by atoms with Gasteiger partial charge < -0.3 is 0 Å². The number of aryl methyl sites for hydroxylation is 3. The molecule has 1 unspecified atom stereocenters. The van der Waals surface area contributed by atoms with Crippen LogP contribution < -0.4 is 11.3 Å². The van der Waals surface area contributed by atoms with E-state index in [4.69, 9.17) is 5.84 Å². The molecule has 19 heavy (non-hydrogen) atoms. The lowest BCUT2D eigenvalue weighted by molar-refractivity contribution is 0.636. The van der Waals surface area contributed by atoms with Crippen LogP contribution in [0.15, 0.2) is 18.2 Å². The van der Waals surface area contributed by atoms with E-state index in [0.29, 0.717) is 0 Å².